The lowest BCUT2D eigenvalue weighted by atomic mass is 10.2. The molecule has 0 radical (unpaired) electrons. The maximum atomic E-state index is 10.7. The van der Waals surface area contributed by atoms with Gasteiger partial charge in [0.15, 0.2) is 0 Å². The van der Waals surface area contributed by atoms with Gasteiger partial charge in [0.25, 0.3) is 0 Å². The molecule has 0 aromatic rings. The van der Waals surface area contributed by atoms with Crippen LogP contribution in [0.3, 0.4) is 0 Å². The third kappa shape index (κ3) is 4.68. The third-order valence-corrected chi connectivity index (χ3v) is 1.24. The number of carbonyl (C=O) groups is 2. The van der Waals surface area contributed by atoms with E-state index in [-0.39, 0.29) is 19.0 Å². The fourth-order valence-electron chi connectivity index (χ4n) is 0.599. The maximum absolute atomic E-state index is 10.7. The molecule has 0 aliphatic heterocycles. The summed E-state index contributed by atoms with van der Waals surface area (Å²) >= 11 is 0. The smallest absolute Gasteiger partial charge is 0.322 e. The first-order valence-corrected chi connectivity index (χ1v) is 3.54. The van der Waals surface area contributed by atoms with Crippen LogP contribution < -0.4 is 5.73 Å². The molecule has 0 heterocycles. The van der Waals surface area contributed by atoms with Crippen LogP contribution >= 0.6 is 0 Å². The Balaban J connectivity index is 3.50. The van der Waals surface area contributed by atoms with Gasteiger partial charge in [-0.3, -0.25) is 9.59 Å². The number of rotatable bonds is 4. The van der Waals surface area contributed by atoms with E-state index in [0.29, 0.717) is 0 Å². The van der Waals surface area contributed by atoms with Crippen LogP contribution in [0.5, 0.6) is 0 Å². The Morgan fingerprint density at radius 1 is 1.50 bits per heavy atom. The minimum absolute atomic E-state index is 0.144. The molecular weight excluding hydrogens is 162 g/mol. The fourth-order valence-corrected chi connectivity index (χ4v) is 0.599. The molecule has 70 valence electrons. The summed E-state index contributed by atoms with van der Waals surface area (Å²) < 4.78 is 8.95. The van der Waals surface area contributed by atoms with Crippen LogP contribution in [0.15, 0.2) is 0 Å². The van der Waals surface area contributed by atoms with Gasteiger partial charge in [0.05, 0.1) is 13.7 Å². The third-order valence-electron chi connectivity index (χ3n) is 1.24. The van der Waals surface area contributed by atoms with Crippen LogP contribution in [0.4, 0.5) is 0 Å². The molecule has 0 aliphatic rings. The lowest BCUT2D eigenvalue weighted by Gasteiger charge is -2.08. The van der Waals surface area contributed by atoms with Gasteiger partial charge in [-0.2, -0.15) is 0 Å². The average molecular weight is 175 g/mol. The highest BCUT2D eigenvalue weighted by Crippen LogP contribution is 1.92. The molecule has 12 heavy (non-hydrogen) atoms. The first-order chi connectivity index (χ1) is 5.57. The van der Waals surface area contributed by atoms with Gasteiger partial charge < -0.3 is 15.2 Å². The molecule has 0 unspecified atom stereocenters. The molecule has 0 saturated carbocycles. The van der Waals surface area contributed by atoms with E-state index >= 15 is 0 Å². The number of esters is 2. The Morgan fingerprint density at radius 3 is 2.50 bits per heavy atom. The van der Waals surface area contributed by atoms with Gasteiger partial charge in [-0.05, 0) is 0 Å². The van der Waals surface area contributed by atoms with Gasteiger partial charge in [0, 0.05) is 13.3 Å². The van der Waals surface area contributed by atoms with Crippen molar-refractivity contribution in [3.05, 3.63) is 0 Å². The molecule has 2 N–H and O–H groups in total. The van der Waals surface area contributed by atoms with E-state index in [1.807, 2.05) is 0 Å². The van der Waals surface area contributed by atoms with E-state index in [1.54, 1.807) is 0 Å². The highest BCUT2D eigenvalue weighted by atomic mass is 16.5. The molecule has 0 saturated heterocycles. The van der Waals surface area contributed by atoms with Gasteiger partial charge >= 0.3 is 11.9 Å². The van der Waals surface area contributed by atoms with Crippen molar-refractivity contribution in [3.8, 4) is 0 Å². The van der Waals surface area contributed by atoms with Crippen LogP contribution in [0.25, 0.3) is 0 Å². The highest BCUT2D eigenvalue weighted by Gasteiger charge is 2.13. The van der Waals surface area contributed by atoms with Crippen molar-refractivity contribution in [2.45, 2.75) is 19.4 Å². The maximum Gasteiger partial charge on any atom is 0.322 e. The van der Waals surface area contributed by atoms with E-state index in [0.717, 1.165) is 0 Å². The Hall–Kier alpha value is -1.10. The van der Waals surface area contributed by atoms with Gasteiger partial charge in [-0.25, -0.2) is 0 Å². The standard InChI is InChI=1S/C7H13NO4/c1-5(9)12-4-3-6(8)7(10)11-2/h6H,3-4,8H2,1-2H3/t6-/m0/s1. The summed E-state index contributed by atoms with van der Waals surface area (Å²) in [5.74, 6) is -0.880. The van der Waals surface area contributed by atoms with Crippen LogP contribution in [0.1, 0.15) is 13.3 Å². The van der Waals surface area contributed by atoms with Crippen LogP contribution in [0, 0.1) is 0 Å². The van der Waals surface area contributed by atoms with E-state index in [1.165, 1.54) is 14.0 Å². The summed E-state index contributed by atoms with van der Waals surface area (Å²) in [7, 11) is 1.26. The first kappa shape index (κ1) is 10.9. The van der Waals surface area contributed by atoms with E-state index < -0.39 is 12.0 Å². The average Bonchev–Trinajstić information content (AvgIpc) is 2.02. The molecule has 0 aromatic heterocycles. The molecule has 0 fully saturated rings. The largest absolute Gasteiger partial charge is 0.468 e. The van der Waals surface area contributed by atoms with E-state index in [9.17, 15) is 9.59 Å². The van der Waals surface area contributed by atoms with Crippen LogP contribution in [-0.2, 0) is 19.1 Å². The predicted molar refractivity (Wildman–Crippen MR) is 41.2 cm³/mol. The van der Waals surface area contributed by atoms with Crippen molar-refractivity contribution < 1.29 is 19.1 Å². The molecule has 0 bridgehead atoms. The molecule has 0 aliphatic carbocycles. The summed E-state index contributed by atoms with van der Waals surface area (Å²) in [4.78, 5) is 21.0. The Labute approximate surface area is 70.8 Å². The van der Waals surface area contributed by atoms with Crippen LogP contribution in [-0.4, -0.2) is 31.7 Å². The van der Waals surface area contributed by atoms with Crippen molar-refractivity contribution in [2.24, 2.45) is 5.73 Å². The van der Waals surface area contributed by atoms with Crippen LogP contribution in [0.2, 0.25) is 0 Å². The van der Waals surface area contributed by atoms with Crippen molar-refractivity contribution in [1.82, 2.24) is 0 Å². The molecule has 0 spiro atoms. The molecule has 0 amide bonds. The molecule has 5 nitrogen and oxygen atoms in total. The Morgan fingerprint density at radius 2 is 2.08 bits per heavy atom. The van der Waals surface area contributed by atoms with Crippen molar-refractivity contribution in [3.63, 3.8) is 0 Å². The number of carbonyl (C=O) groups excluding carboxylic acids is 2. The summed E-state index contributed by atoms with van der Waals surface area (Å²) in [5.41, 5.74) is 5.35. The van der Waals surface area contributed by atoms with Gasteiger partial charge in [-0.1, -0.05) is 0 Å². The number of methoxy groups -OCH3 is 1. The normalized spacial score (nSPS) is 11.9. The second kappa shape index (κ2) is 5.54. The topological polar surface area (TPSA) is 78.6 Å². The highest BCUT2D eigenvalue weighted by molar-refractivity contribution is 5.75. The second-order valence-electron chi connectivity index (χ2n) is 2.26. The van der Waals surface area contributed by atoms with Crippen molar-refractivity contribution in [1.29, 1.82) is 0 Å². The zero-order chi connectivity index (χ0) is 9.56. The van der Waals surface area contributed by atoms with Gasteiger partial charge in [0.2, 0.25) is 0 Å². The quantitative estimate of drug-likeness (QED) is 0.579. The molecule has 1 atom stereocenters. The monoisotopic (exact) mass is 175 g/mol. The summed E-state index contributed by atoms with van der Waals surface area (Å²) in [6.45, 7) is 1.44. The fraction of sp³-hybridized carbons (Fsp3) is 0.714. The zero-order valence-electron chi connectivity index (χ0n) is 7.20. The van der Waals surface area contributed by atoms with Gasteiger partial charge in [-0.15, -0.1) is 0 Å². The SMILES string of the molecule is COC(=O)[C@@H](N)CCOC(C)=O. The van der Waals surface area contributed by atoms with Crippen molar-refractivity contribution >= 4 is 11.9 Å². The molecular formula is C7H13NO4. The Kier molecular flexibility index (Phi) is 5.03. The molecule has 0 aromatic carbocycles. The lowest BCUT2D eigenvalue weighted by molar-refractivity contribution is -0.145. The minimum atomic E-state index is -0.714. The lowest BCUT2D eigenvalue weighted by Crippen LogP contribution is -2.32. The summed E-state index contributed by atoms with van der Waals surface area (Å²) in [6.07, 6.45) is 0.284. The second-order valence-corrected chi connectivity index (χ2v) is 2.26. The Bertz CT molecular complexity index is 169. The van der Waals surface area contributed by atoms with E-state index in [4.69, 9.17) is 5.73 Å². The van der Waals surface area contributed by atoms with Gasteiger partial charge in [0.1, 0.15) is 6.04 Å². The zero-order valence-corrected chi connectivity index (χ0v) is 7.20. The minimum Gasteiger partial charge on any atom is -0.468 e. The molecule has 0 rings (SSSR count). The number of nitrogens with two attached hydrogens (primary N) is 1. The first-order valence-electron chi connectivity index (χ1n) is 3.54. The predicted octanol–water partition coefficient (Wildman–Crippen LogP) is -0.560. The summed E-state index contributed by atoms with van der Waals surface area (Å²) in [6, 6.07) is -0.714. The number of hydrogen-bond acceptors (Lipinski definition) is 5. The van der Waals surface area contributed by atoms with E-state index in [2.05, 4.69) is 9.47 Å². The van der Waals surface area contributed by atoms with Crippen molar-refractivity contribution in [2.75, 3.05) is 13.7 Å². The molecule has 5 heteroatoms. The summed E-state index contributed by atoms with van der Waals surface area (Å²) in [5, 5.41) is 0. The number of hydrogen-bond donors (Lipinski definition) is 1. The number of ether oxygens (including phenoxy) is 2.